The number of aryl methyl sites for hydroxylation is 1. The maximum Gasteiger partial charge on any atom is 0.298 e. The van der Waals surface area contributed by atoms with Crippen molar-refractivity contribution < 1.29 is 14.3 Å². The van der Waals surface area contributed by atoms with Crippen LogP contribution >= 0.6 is 0 Å². The zero-order chi connectivity index (χ0) is 20.7. The molecular weight excluding hydrogens is 386 g/mol. The molecule has 2 aromatic heterocycles. The van der Waals surface area contributed by atoms with E-state index in [2.05, 4.69) is 25.6 Å². The average molecular weight is 411 g/mol. The highest BCUT2D eigenvalue weighted by Crippen LogP contribution is 2.34. The lowest BCUT2D eigenvalue weighted by Gasteiger charge is -2.25. The second kappa shape index (κ2) is 7.62. The summed E-state index contributed by atoms with van der Waals surface area (Å²) < 4.78 is 7.32. The van der Waals surface area contributed by atoms with Gasteiger partial charge in [-0.15, -0.1) is 0 Å². The number of hydrogen-bond donors (Lipinski definition) is 3. The van der Waals surface area contributed by atoms with Gasteiger partial charge in [0.25, 0.3) is 11.9 Å². The van der Waals surface area contributed by atoms with Gasteiger partial charge in [0.2, 0.25) is 0 Å². The van der Waals surface area contributed by atoms with Gasteiger partial charge in [-0.1, -0.05) is 0 Å². The Balaban J connectivity index is 1.43. The van der Waals surface area contributed by atoms with E-state index in [1.165, 1.54) is 6.26 Å². The van der Waals surface area contributed by atoms with Crippen LogP contribution in [0.25, 0.3) is 10.9 Å². The van der Waals surface area contributed by atoms with Gasteiger partial charge in [0.1, 0.15) is 6.26 Å². The Morgan fingerprint density at radius 3 is 2.87 bits per heavy atom. The second-order valence-corrected chi connectivity index (χ2v) is 7.79. The normalized spacial score (nSPS) is 19.6. The molecule has 10 heteroatoms. The number of aliphatic hydroxyl groups excluding tert-OH is 1. The van der Waals surface area contributed by atoms with E-state index in [9.17, 15) is 9.90 Å². The smallest absolute Gasteiger partial charge is 0.298 e. The molecule has 4 heterocycles. The fourth-order valence-electron chi connectivity index (χ4n) is 4.07. The van der Waals surface area contributed by atoms with E-state index in [1.807, 2.05) is 24.1 Å². The number of carbonyl (C=O) groups excluding carboxylic acids is 1. The van der Waals surface area contributed by atoms with Crippen molar-refractivity contribution >= 4 is 34.2 Å². The van der Waals surface area contributed by atoms with Gasteiger partial charge in [-0.25, -0.2) is 0 Å². The lowest BCUT2D eigenvalue weighted by Crippen LogP contribution is -2.43. The molecule has 0 radical (unpaired) electrons. The third-order valence-electron chi connectivity index (χ3n) is 5.73. The largest absolute Gasteiger partial charge is 0.431 e. The summed E-state index contributed by atoms with van der Waals surface area (Å²) >= 11 is 0. The second-order valence-electron chi connectivity index (χ2n) is 7.79. The minimum absolute atomic E-state index is 0.237. The molecule has 158 valence electrons. The monoisotopic (exact) mass is 411 g/mol. The Bertz CT molecular complexity index is 1070. The van der Waals surface area contributed by atoms with E-state index in [0.29, 0.717) is 24.7 Å². The standard InChI is InChI=1S/C20H25N7O3/c1-25-17-9-15(18(8-13(17)10-22-25)27-5-2-14(28)11-27)23-19(29)16-12-30-20(24-16)26-6-3-21-4-7-26/h8-10,12,14,21,28H,2-7,11H2,1H3,(H,23,29). The quantitative estimate of drug-likeness (QED) is 0.578. The molecule has 0 saturated carbocycles. The fraction of sp³-hybridized carbons (Fsp3) is 0.450. The summed E-state index contributed by atoms with van der Waals surface area (Å²) in [7, 11) is 1.87. The zero-order valence-electron chi connectivity index (χ0n) is 16.8. The highest BCUT2D eigenvalue weighted by Gasteiger charge is 2.25. The van der Waals surface area contributed by atoms with Crippen LogP contribution in [0.1, 0.15) is 16.9 Å². The summed E-state index contributed by atoms with van der Waals surface area (Å²) in [4.78, 5) is 21.4. The van der Waals surface area contributed by atoms with Gasteiger partial charge in [-0.2, -0.15) is 10.1 Å². The van der Waals surface area contributed by atoms with Gasteiger partial charge in [0.05, 0.1) is 29.2 Å². The maximum atomic E-state index is 12.9. The van der Waals surface area contributed by atoms with Gasteiger partial charge >= 0.3 is 0 Å². The molecule has 0 spiro atoms. The first kappa shape index (κ1) is 18.9. The average Bonchev–Trinajstić information content (AvgIpc) is 3.49. The van der Waals surface area contributed by atoms with Gasteiger partial charge in [0, 0.05) is 51.7 Å². The van der Waals surface area contributed by atoms with Gasteiger partial charge < -0.3 is 30.0 Å². The van der Waals surface area contributed by atoms with Crippen LogP contribution in [-0.2, 0) is 7.05 Å². The molecule has 3 aromatic rings. The van der Waals surface area contributed by atoms with Crippen molar-refractivity contribution in [2.24, 2.45) is 7.05 Å². The van der Waals surface area contributed by atoms with E-state index in [0.717, 1.165) is 49.3 Å². The molecule has 2 aliphatic heterocycles. The number of fused-ring (bicyclic) bond motifs is 1. The van der Waals surface area contributed by atoms with Crippen LogP contribution in [0, 0.1) is 0 Å². The molecular formula is C20H25N7O3. The Morgan fingerprint density at radius 1 is 1.27 bits per heavy atom. The maximum absolute atomic E-state index is 12.9. The van der Waals surface area contributed by atoms with Crippen molar-refractivity contribution in [3.63, 3.8) is 0 Å². The fourth-order valence-corrected chi connectivity index (χ4v) is 4.07. The molecule has 1 unspecified atom stereocenters. The summed E-state index contributed by atoms with van der Waals surface area (Å²) in [5, 5.41) is 21.5. The molecule has 5 rings (SSSR count). The predicted octanol–water partition coefficient (Wildman–Crippen LogP) is 0.794. The number of rotatable bonds is 4. The van der Waals surface area contributed by atoms with E-state index in [1.54, 1.807) is 10.9 Å². The van der Waals surface area contributed by atoms with Crippen LogP contribution in [0.2, 0.25) is 0 Å². The highest BCUT2D eigenvalue weighted by atomic mass is 16.4. The number of hydrogen-bond acceptors (Lipinski definition) is 8. The number of β-amino-alcohol motifs (C(OH)–C–C–N with tert-alkyl or cyclic N) is 1. The molecule has 2 aliphatic rings. The van der Waals surface area contributed by atoms with Crippen LogP contribution in [0.5, 0.6) is 0 Å². The zero-order valence-corrected chi connectivity index (χ0v) is 16.8. The minimum Gasteiger partial charge on any atom is -0.431 e. The van der Waals surface area contributed by atoms with Crippen molar-refractivity contribution in [3.05, 3.63) is 30.3 Å². The third-order valence-corrected chi connectivity index (χ3v) is 5.73. The Labute approximate surface area is 173 Å². The Kier molecular flexibility index (Phi) is 4.80. The Hall–Kier alpha value is -3.11. The molecule has 30 heavy (non-hydrogen) atoms. The lowest BCUT2D eigenvalue weighted by molar-refractivity contribution is 0.102. The van der Waals surface area contributed by atoms with Crippen molar-refractivity contribution in [2.75, 3.05) is 54.4 Å². The molecule has 10 nitrogen and oxygen atoms in total. The molecule has 2 saturated heterocycles. The molecule has 1 atom stereocenters. The SMILES string of the molecule is Cn1ncc2cc(N3CCC(O)C3)c(NC(=O)c3coc(N4CCNCC4)n3)cc21. The number of anilines is 3. The summed E-state index contributed by atoms with van der Waals surface area (Å²) in [6.45, 7) is 4.57. The molecule has 0 bridgehead atoms. The van der Waals surface area contributed by atoms with E-state index < -0.39 is 0 Å². The van der Waals surface area contributed by atoms with Crippen LogP contribution in [0.3, 0.4) is 0 Å². The highest BCUT2D eigenvalue weighted by molar-refractivity contribution is 6.06. The predicted molar refractivity (Wildman–Crippen MR) is 113 cm³/mol. The van der Waals surface area contributed by atoms with Gasteiger partial charge in [-0.05, 0) is 18.6 Å². The number of amides is 1. The van der Waals surface area contributed by atoms with Gasteiger partial charge in [0.15, 0.2) is 5.69 Å². The summed E-state index contributed by atoms with van der Waals surface area (Å²) in [6, 6.07) is 4.38. The lowest BCUT2D eigenvalue weighted by atomic mass is 10.1. The number of nitrogens with zero attached hydrogens (tertiary/aromatic N) is 5. The van der Waals surface area contributed by atoms with Crippen LogP contribution < -0.4 is 20.4 Å². The number of carbonyl (C=O) groups is 1. The van der Waals surface area contributed by atoms with Crippen LogP contribution in [0.4, 0.5) is 17.4 Å². The number of aromatic nitrogens is 3. The number of oxazole rings is 1. The number of aliphatic hydroxyl groups is 1. The van der Waals surface area contributed by atoms with Crippen molar-refractivity contribution in [2.45, 2.75) is 12.5 Å². The summed E-state index contributed by atoms with van der Waals surface area (Å²) in [5.74, 6) is -0.331. The van der Waals surface area contributed by atoms with Crippen molar-refractivity contribution in [1.82, 2.24) is 20.1 Å². The first-order chi connectivity index (χ1) is 14.6. The minimum atomic E-state index is -0.365. The molecule has 3 N–H and O–H groups in total. The van der Waals surface area contributed by atoms with Crippen LogP contribution in [-0.4, -0.2) is 71.2 Å². The molecule has 2 fully saturated rings. The van der Waals surface area contributed by atoms with Crippen LogP contribution in [0.15, 0.2) is 29.0 Å². The van der Waals surface area contributed by atoms with E-state index in [4.69, 9.17) is 4.42 Å². The molecule has 0 aliphatic carbocycles. The number of benzene rings is 1. The number of piperazine rings is 1. The topological polar surface area (TPSA) is 112 Å². The molecule has 1 amide bonds. The van der Waals surface area contributed by atoms with E-state index >= 15 is 0 Å². The third kappa shape index (κ3) is 3.48. The molecule has 1 aromatic carbocycles. The van der Waals surface area contributed by atoms with Gasteiger partial charge in [-0.3, -0.25) is 9.48 Å². The van der Waals surface area contributed by atoms with E-state index in [-0.39, 0.29) is 17.7 Å². The first-order valence-corrected chi connectivity index (χ1v) is 10.2. The summed E-state index contributed by atoms with van der Waals surface area (Å²) in [5.41, 5.74) is 2.68. The Morgan fingerprint density at radius 2 is 2.10 bits per heavy atom. The van der Waals surface area contributed by atoms with Crippen molar-refractivity contribution in [3.8, 4) is 0 Å². The summed E-state index contributed by atoms with van der Waals surface area (Å²) in [6.07, 6.45) is 3.54. The first-order valence-electron chi connectivity index (χ1n) is 10.2. The number of nitrogens with one attached hydrogen (secondary N) is 2. The van der Waals surface area contributed by atoms with Crippen molar-refractivity contribution in [1.29, 1.82) is 0 Å².